The first-order valence-electron chi connectivity index (χ1n) is 13.7. The Morgan fingerprint density at radius 2 is 1.88 bits per heavy atom. The van der Waals surface area contributed by atoms with Crippen molar-refractivity contribution in [3.05, 3.63) is 92.8 Å². The summed E-state index contributed by atoms with van der Waals surface area (Å²) in [5.41, 5.74) is 1.10. The van der Waals surface area contributed by atoms with Gasteiger partial charge in [0.1, 0.15) is 18.1 Å². The molecule has 0 aliphatic carbocycles. The molecule has 5 aromatic rings. The molecule has 0 saturated carbocycles. The smallest absolute Gasteiger partial charge is 0.302 e. The number of aryl methyl sites for hydroxylation is 2. The van der Waals surface area contributed by atoms with Crippen LogP contribution in [0.3, 0.4) is 0 Å². The number of fused-ring (bicyclic) bond motifs is 1. The zero-order valence-corrected chi connectivity index (χ0v) is 24.8. The molecule has 0 unspecified atom stereocenters. The standard InChI is InChI=1S/C31H32FN7O4/c1-7-38-11-9-26(36-38)35-25-13-20(16-37(6)29(25)41)22-8-10-33-28(23(22)17-43-18(2)40)39-30(42)27-19(15-34-39)12-21(14-24(27)32)31(3,4)5/h8-16H,7,17H2,1-6H3,(H,35,36). The third-order valence-electron chi connectivity index (χ3n) is 7.08. The second-order valence-corrected chi connectivity index (χ2v) is 11.2. The zero-order valence-electron chi connectivity index (χ0n) is 24.8. The fourth-order valence-corrected chi connectivity index (χ4v) is 4.76. The van der Waals surface area contributed by atoms with Crippen molar-refractivity contribution in [2.45, 2.75) is 53.2 Å². The molecule has 0 fully saturated rings. The maximum Gasteiger partial charge on any atom is 0.302 e. The molecular weight excluding hydrogens is 553 g/mol. The van der Waals surface area contributed by atoms with E-state index in [1.807, 2.05) is 27.7 Å². The number of carbonyl (C=O) groups excluding carboxylic acids is 1. The fraction of sp³-hybridized carbons (Fsp3) is 0.290. The van der Waals surface area contributed by atoms with Gasteiger partial charge in [0.2, 0.25) is 0 Å². The van der Waals surface area contributed by atoms with E-state index in [4.69, 9.17) is 4.74 Å². The zero-order chi connectivity index (χ0) is 31.1. The van der Waals surface area contributed by atoms with Crippen LogP contribution in [0, 0.1) is 5.82 Å². The number of rotatable bonds is 7. The average Bonchev–Trinajstić information content (AvgIpc) is 3.41. The Morgan fingerprint density at radius 3 is 2.56 bits per heavy atom. The van der Waals surface area contributed by atoms with Crippen LogP contribution in [-0.2, 0) is 35.1 Å². The Morgan fingerprint density at radius 1 is 1.12 bits per heavy atom. The van der Waals surface area contributed by atoms with Crippen molar-refractivity contribution in [3.63, 3.8) is 0 Å². The van der Waals surface area contributed by atoms with Crippen LogP contribution in [0.2, 0.25) is 0 Å². The first-order valence-corrected chi connectivity index (χ1v) is 13.7. The lowest BCUT2D eigenvalue weighted by molar-refractivity contribution is -0.142. The van der Waals surface area contributed by atoms with E-state index in [0.29, 0.717) is 34.4 Å². The van der Waals surface area contributed by atoms with Gasteiger partial charge >= 0.3 is 5.97 Å². The summed E-state index contributed by atoms with van der Waals surface area (Å²) in [5, 5.41) is 12.0. The lowest BCUT2D eigenvalue weighted by Crippen LogP contribution is -2.25. The van der Waals surface area contributed by atoms with Crippen molar-refractivity contribution >= 4 is 28.2 Å². The van der Waals surface area contributed by atoms with Gasteiger partial charge in [-0.2, -0.15) is 14.9 Å². The van der Waals surface area contributed by atoms with Crippen LogP contribution < -0.4 is 16.4 Å². The second kappa shape index (κ2) is 11.3. The fourth-order valence-electron chi connectivity index (χ4n) is 4.76. The van der Waals surface area contributed by atoms with Crippen LogP contribution in [0.5, 0.6) is 0 Å². The number of ether oxygens (including phenoxy) is 1. The number of benzene rings is 1. The SMILES string of the molecule is CCn1ccc(Nc2cc(-c3ccnc(-n4ncc5cc(C(C)(C)C)cc(F)c5c4=O)c3COC(C)=O)cn(C)c2=O)n1. The number of esters is 1. The number of hydrogen-bond acceptors (Lipinski definition) is 8. The van der Waals surface area contributed by atoms with E-state index in [-0.39, 0.29) is 34.5 Å². The molecule has 5 rings (SSSR count). The minimum atomic E-state index is -0.710. The van der Waals surface area contributed by atoms with Gasteiger partial charge in [0.15, 0.2) is 11.6 Å². The quantitative estimate of drug-likeness (QED) is 0.275. The van der Waals surface area contributed by atoms with E-state index in [9.17, 15) is 14.4 Å². The first-order chi connectivity index (χ1) is 20.4. The molecule has 1 aromatic carbocycles. The van der Waals surface area contributed by atoms with Gasteiger partial charge in [0.05, 0.1) is 11.6 Å². The van der Waals surface area contributed by atoms with E-state index in [2.05, 4.69) is 20.5 Å². The number of hydrogen-bond donors (Lipinski definition) is 1. The summed E-state index contributed by atoms with van der Waals surface area (Å²) < 4.78 is 24.9. The average molecular weight is 586 g/mol. The van der Waals surface area contributed by atoms with Gasteiger partial charge in [0, 0.05) is 61.7 Å². The monoisotopic (exact) mass is 585 g/mol. The lowest BCUT2D eigenvalue weighted by atomic mass is 9.86. The predicted molar refractivity (Wildman–Crippen MR) is 161 cm³/mol. The van der Waals surface area contributed by atoms with Crippen molar-refractivity contribution < 1.29 is 13.9 Å². The molecule has 0 atom stereocenters. The molecule has 0 aliphatic heterocycles. The maximum atomic E-state index is 15.4. The van der Waals surface area contributed by atoms with E-state index in [1.165, 1.54) is 30.0 Å². The summed E-state index contributed by atoms with van der Waals surface area (Å²) in [4.78, 5) is 42.9. The number of halogens is 1. The lowest BCUT2D eigenvalue weighted by Gasteiger charge is -2.20. The Labute approximate surface area is 246 Å². The summed E-state index contributed by atoms with van der Waals surface area (Å²) in [6.07, 6.45) is 6.31. The third-order valence-corrected chi connectivity index (χ3v) is 7.08. The molecule has 0 saturated heterocycles. The molecule has 222 valence electrons. The van der Waals surface area contributed by atoms with Crippen molar-refractivity contribution in [3.8, 4) is 16.9 Å². The van der Waals surface area contributed by atoms with Gasteiger partial charge in [-0.15, -0.1) is 0 Å². The molecule has 0 radical (unpaired) electrons. The van der Waals surface area contributed by atoms with Crippen LogP contribution in [-0.4, -0.2) is 35.1 Å². The maximum absolute atomic E-state index is 15.4. The molecule has 0 aliphatic rings. The summed E-state index contributed by atoms with van der Waals surface area (Å²) in [7, 11) is 1.61. The minimum absolute atomic E-state index is 0.0648. The molecule has 12 heteroatoms. The Hall–Kier alpha value is -5.13. The molecule has 1 N–H and O–H groups in total. The Kier molecular flexibility index (Phi) is 7.70. The molecular formula is C31H32FN7O4. The summed E-state index contributed by atoms with van der Waals surface area (Å²) in [5.74, 6) is -0.652. The number of anilines is 2. The highest BCUT2D eigenvalue weighted by Gasteiger charge is 2.22. The number of nitrogens with one attached hydrogen (secondary N) is 1. The predicted octanol–water partition coefficient (Wildman–Crippen LogP) is 4.61. The van der Waals surface area contributed by atoms with Crippen molar-refractivity contribution in [2.75, 3.05) is 5.32 Å². The summed E-state index contributed by atoms with van der Waals surface area (Å²) in [6.45, 7) is 9.50. The highest BCUT2D eigenvalue weighted by atomic mass is 19.1. The van der Waals surface area contributed by atoms with Crippen LogP contribution >= 0.6 is 0 Å². The molecule has 0 amide bonds. The van der Waals surface area contributed by atoms with Crippen LogP contribution in [0.1, 0.15) is 45.7 Å². The van der Waals surface area contributed by atoms with Crippen molar-refractivity contribution in [1.29, 1.82) is 0 Å². The van der Waals surface area contributed by atoms with Gasteiger partial charge in [-0.3, -0.25) is 19.1 Å². The van der Waals surface area contributed by atoms with Crippen molar-refractivity contribution in [2.24, 2.45) is 7.05 Å². The topological polar surface area (TPSA) is 126 Å². The van der Waals surface area contributed by atoms with Gasteiger partial charge in [-0.1, -0.05) is 20.8 Å². The van der Waals surface area contributed by atoms with E-state index < -0.39 is 17.3 Å². The van der Waals surface area contributed by atoms with Gasteiger partial charge in [-0.25, -0.2) is 9.37 Å². The van der Waals surface area contributed by atoms with Gasteiger partial charge < -0.3 is 14.6 Å². The summed E-state index contributed by atoms with van der Waals surface area (Å²) >= 11 is 0. The highest BCUT2D eigenvalue weighted by molar-refractivity contribution is 5.83. The molecule has 11 nitrogen and oxygen atoms in total. The van der Waals surface area contributed by atoms with Gasteiger partial charge in [-0.05, 0) is 47.7 Å². The molecule has 0 spiro atoms. The Bertz CT molecular complexity index is 1990. The van der Waals surface area contributed by atoms with E-state index in [1.54, 1.807) is 48.4 Å². The van der Waals surface area contributed by atoms with Crippen LogP contribution in [0.15, 0.2) is 64.7 Å². The van der Waals surface area contributed by atoms with Gasteiger partial charge in [0.25, 0.3) is 11.1 Å². The number of carbonyl (C=O) groups is 1. The summed E-state index contributed by atoms with van der Waals surface area (Å²) in [6, 6.07) is 8.20. The number of nitrogens with zero attached hydrogens (tertiary/aromatic N) is 6. The molecule has 43 heavy (non-hydrogen) atoms. The molecule has 4 heterocycles. The first kappa shape index (κ1) is 29.4. The normalized spacial score (nSPS) is 11.6. The number of pyridine rings is 2. The van der Waals surface area contributed by atoms with E-state index in [0.717, 1.165) is 10.2 Å². The Balaban J connectivity index is 1.69. The number of aromatic nitrogens is 6. The minimum Gasteiger partial charge on any atom is -0.461 e. The van der Waals surface area contributed by atoms with Crippen LogP contribution in [0.25, 0.3) is 27.7 Å². The van der Waals surface area contributed by atoms with E-state index >= 15 is 4.39 Å². The van der Waals surface area contributed by atoms with Crippen molar-refractivity contribution in [1.82, 2.24) is 29.1 Å². The molecule has 4 aromatic heterocycles. The molecule has 0 bridgehead atoms. The second-order valence-electron chi connectivity index (χ2n) is 11.2. The third kappa shape index (κ3) is 5.81. The van der Waals surface area contributed by atoms with Crippen LogP contribution in [0.4, 0.5) is 15.9 Å². The highest BCUT2D eigenvalue weighted by Crippen LogP contribution is 2.30. The largest absolute Gasteiger partial charge is 0.461 e.